The summed E-state index contributed by atoms with van der Waals surface area (Å²) >= 11 is 6.28. The molecule has 0 aromatic heterocycles. The Morgan fingerprint density at radius 1 is 1.36 bits per heavy atom. The molecular formula is C16H22ClNO4. The molecule has 0 aliphatic rings. The first-order valence-electron chi connectivity index (χ1n) is 7.10. The lowest BCUT2D eigenvalue weighted by molar-refractivity contribution is -0.139. The minimum absolute atomic E-state index is 0.00548. The summed E-state index contributed by atoms with van der Waals surface area (Å²) in [6.45, 7) is 3.89. The van der Waals surface area contributed by atoms with Crippen LogP contribution in [0.5, 0.6) is 5.75 Å². The Morgan fingerprint density at radius 2 is 2.00 bits per heavy atom. The fraction of sp³-hybridized carbons (Fsp3) is 0.500. The predicted octanol–water partition coefficient (Wildman–Crippen LogP) is 2.88. The second kappa shape index (κ2) is 8.15. The molecule has 0 amide bonds. The minimum Gasteiger partial charge on any atom is -0.482 e. The van der Waals surface area contributed by atoms with E-state index in [-0.39, 0.29) is 11.7 Å². The summed E-state index contributed by atoms with van der Waals surface area (Å²) in [6.07, 6.45) is 0.726. The molecule has 1 N–H and O–H groups in total. The molecule has 1 atom stereocenters. The molecule has 22 heavy (non-hydrogen) atoms. The van der Waals surface area contributed by atoms with E-state index in [1.807, 2.05) is 25.9 Å². The second-order valence-electron chi connectivity index (χ2n) is 5.46. The Bertz CT molecular complexity index is 557. The van der Waals surface area contributed by atoms with Crippen molar-refractivity contribution >= 4 is 23.4 Å². The van der Waals surface area contributed by atoms with Crippen molar-refractivity contribution in [1.29, 1.82) is 0 Å². The number of nitrogens with zero attached hydrogens (tertiary/aromatic N) is 1. The Hall–Kier alpha value is -1.59. The summed E-state index contributed by atoms with van der Waals surface area (Å²) in [4.78, 5) is 25.1. The van der Waals surface area contributed by atoms with Crippen molar-refractivity contribution in [3.8, 4) is 5.75 Å². The molecule has 0 saturated heterocycles. The highest BCUT2D eigenvalue weighted by Gasteiger charge is 2.23. The van der Waals surface area contributed by atoms with Crippen LogP contribution in [-0.2, 0) is 4.79 Å². The molecule has 0 radical (unpaired) electrons. The monoisotopic (exact) mass is 327 g/mol. The standard InChI is InChI=1S/C16H22ClNO4/c1-5-11(8-18(3)4)16(21)12-6-7-13(10(2)15(12)17)22-9-14(19)20/h6-7,11H,5,8-9H2,1-4H3,(H,19,20). The van der Waals surface area contributed by atoms with Crippen LogP contribution in [0, 0.1) is 12.8 Å². The highest BCUT2D eigenvalue weighted by Crippen LogP contribution is 2.31. The Balaban J connectivity index is 3.03. The Labute approximate surface area is 135 Å². The van der Waals surface area contributed by atoms with Crippen LogP contribution >= 0.6 is 11.6 Å². The van der Waals surface area contributed by atoms with E-state index in [0.717, 1.165) is 6.42 Å². The molecule has 0 heterocycles. The predicted molar refractivity (Wildman–Crippen MR) is 86.0 cm³/mol. The van der Waals surface area contributed by atoms with Gasteiger partial charge in [-0.3, -0.25) is 4.79 Å². The van der Waals surface area contributed by atoms with Gasteiger partial charge in [-0.05, 0) is 39.6 Å². The summed E-state index contributed by atoms with van der Waals surface area (Å²) in [7, 11) is 3.84. The maximum absolute atomic E-state index is 12.6. The number of Topliss-reactive ketones (excluding diaryl/α,β-unsaturated/α-hetero) is 1. The molecule has 1 rings (SSSR count). The smallest absolute Gasteiger partial charge is 0.341 e. The molecule has 0 bridgehead atoms. The topological polar surface area (TPSA) is 66.8 Å². The van der Waals surface area contributed by atoms with E-state index in [1.165, 1.54) is 0 Å². The third-order valence-electron chi connectivity index (χ3n) is 3.40. The molecule has 0 aliphatic carbocycles. The number of benzene rings is 1. The van der Waals surface area contributed by atoms with Gasteiger partial charge < -0.3 is 14.7 Å². The number of ether oxygens (including phenoxy) is 1. The van der Waals surface area contributed by atoms with Crippen LogP contribution in [0.25, 0.3) is 0 Å². The van der Waals surface area contributed by atoms with Crippen LogP contribution < -0.4 is 4.74 Å². The van der Waals surface area contributed by atoms with E-state index in [9.17, 15) is 9.59 Å². The normalized spacial score (nSPS) is 12.3. The third-order valence-corrected chi connectivity index (χ3v) is 3.89. The average molecular weight is 328 g/mol. The maximum atomic E-state index is 12.6. The van der Waals surface area contributed by atoms with Crippen LogP contribution in [0.15, 0.2) is 12.1 Å². The van der Waals surface area contributed by atoms with Crippen molar-refractivity contribution in [3.63, 3.8) is 0 Å². The zero-order chi connectivity index (χ0) is 16.9. The quantitative estimate of drug-likeness (QED) is 0.744. The average Bonchev–Trinajstić information content (AvgIpc) is 2.45. The van der Waals surface area contributed by atoms with E-state index in [2.05, 4.69) is 0 Å². The zero-order valence-corrected chi connectivity index (χ0v) is 14.1. The summed E-state index contributed by atoms with van der Waals surface area (Å²) in [5.74, 6) is -0.816. The van der Waals surface area contributed by atoms with E-state index in [4.69, 9.17) is 21.4 Å². The van der Waals surface area contributed by atoms with Gasteiger partial charge in [-0.25, -0.2) is 4.79 Å². The highest BCUT2D eigenvalue weighted by molar-refractivity contribution is 6.35. The molecule has 122 valence electrons. The number of hydrogen-bond acceptors (Lipinski definition) is 4. The molecule has 1 aromatic carbocycles. The first-order valence-corrected chi connectivity index (χ1v) is 7.48. The van der Waals surface area contributed by atoms with Gasteiger partial charge in [0.2, 0.25) is 0 Å². The van der Waals surface area contributed by atoms with E-state index < -0.39 is 12.6 Å². The van der Waals surface area contributed by atoms with Gasteiger partial charge in [-0.1, -0.05) is 18.5 Å². The van der Waals surface area contributed by atoms with Crippen molar-refractivity contribution in [2.45, 2.75) is 20.3 Å². The number of ketones is 1. The molecule has 5 nitrogen and oxygen atoms in total. The van der Waals surface area contributed by atoms with Gasteiger partial charge in [-0.2, -0.15) is 0 Å². The molecule has 0 aliphatic heterocycles. The van der Waals surface area contributed by atoms with Gasteiger partial charge >= 0.3 is 5.97 Å². The first-order chi connectivity index (χ1) is 10.3. The van der Waals surface area contributed by atoms with Gasteiger partial charge in [0.05, 0.1) is 5.02 Å². The number of carboxylic acid groups (broad SMARTS) is 1. The van der Waals surface area contributed by atoms with Gasteiger partial charge in [-0.15, -0.1) is 0 Å². The number of hydrogen-bond donors (Lipinski definition) is 1. The van der Waals surface area contributed by atoms with E-state index in [1.54, 1.807) is 19.1 Å². The summed E-state index contributed by atoms with van der Waals surface area (Å²) in [5.41, 5.74) is 1.03. The number of carboxylic acids is 1. The van der Waals surface area contributed by atoms with Crippen LogP contribution in [0.1, 0.15) is 29.3 Å². The van der Waals surface area contributed by atoms with Gasteiger partial charge in [0.1, 0.15) is 5.75 Å². The fourth-order valence-electron chi connectivity index (χ4n) is 2.21. The lowest BCUT2D eigenvalue weighted by atomic mass is 9.93. The zero-order valence-electron chi connectivity index (χ0n) is 13.4. The van der Waals surface area contributed by atoms with Crippen LogP contribution in [0.3, 0.4) is 0 Å². The molecule has 0 spiro atoms. The summed E-state index contributed by atoms with van der Waals surface area (Å²) in [6, 6.07) is 3.20. The molecule has 6 heteroatoms. The van der Waals surface area contributed by atoms with Gasteiger partial charge in [0.15, 0.2) is 12.4 Å². The molecule has 0 saturated carbocycles. The lowest BCUT2D eigenvalue weighted by Gasteiger charge is -2.20. The number of aliphatic carboxylic acids is 1. The molecule has 1 aromatic rings. The van der Waals surface area contributed by atoms with Gasteiger partial charge in [0.25, 0.3) is 0 Å². The third kappa shape index (κ3) is 4.71. The van der Waals surface area contributed by atoms with E-state index in [0.29, 0.717) is 28.4 Å². The van der Waals surface area contributed by atoms with Crippen molar-refractivity contribution in [2.24, 2.45) is 5.92 Å². The maximum Gasteiger partial charge on any atom is 0.341 e. The van der Waals surface area contributed by atoms with Crippen molar-refractivity contribution in [1.82, 2.24) is 4.90 Å². The Morgan fingerprint density at radius 3 is 2.50 bits per heavy atom. The fourth-order valence-corrected chi connectivity index (χ4v) is 2.46. The number of halogens is 1. The second-order valence-corrected chi connectivity index (χ2v) is 5.84. The van der Waals surface area contributed by atoms with Crippen molar-refractivity contribution < 1.29 is 19.4 Å². The Kier molecular flexibility index (Phi) is 6.84. The molecule has 1 unspecified atom stereocenters. The lowest BCUT2D eigenvalue weighted by Crippen LogP contribution is -2.27. The van der Waals surface area contributed by atoms with Crippen molar-refractivity contribution in [3.05, 3.63) is 28.3 Å². The minimum atomic E-state index is -1.06. The SMILES string of the molecule is CCC(CN(C)C)C(=O)c1ccc(OCC(=O)O)c(C)c1Cl. The van der Waals surface area contributed by atoms with Crippen LogP contribution in [-0.4, -0.2) is 49.0 Å². The highest BCUT2D eigenvalue weighted by atomic mass is 35.5. The van der Waals surface area contributed by atoms with E-state index >= 15 is 0 Å². The summed E-state index contributed by atoms with van der Waals surface area (Å²) in [5, 5.41) is 8.97. The largest absolute Gasteiger partial charge is 0.482 e. The number of carbonyl (C=O) groups excluding carboxylic acids is 1. The van der Waals surface area contributed by atoms with Crippen LogP contribution in [0.4, 0.5) is 0 Å². The van der Waals surface area contributed by atoms with Crippen molar-refractivity contribution in [2.75, 3.05) is 27.2 Å². The van der Waals surface area contributed by atoms with Crippen LogP contribution in [0.2, 0.25) is 5.02 Å². The number of rotatable bonds is 8. The van der Waals surface area contributed by atoms with Gasteiger partial charge in [0, 0.05) is 23.6 Å². The number of carbonyl (C=O) groups is 2. The molecular weight excluding hydrogens is 306 g/mol. The first kappa shape index (κ1) is 18.5. The summed E-state index contributed by atoms with van der Waals surface area (Å²) < 4.78 is 5.16. The molecule has 0 fully saturated rings.